The maximum atomic E-state index is 12.5. The first kappa shape index (κ1) is 23.0. The van der Waals surface area contributed by atoms with Crippen LogP contribution in [0.4, 0.5) is 5.69 Å². The molecule has 0 aromatic heterocycles. The van der Waals surface area contributed by atoms with Gasteiger partial charge in [-0.2, -0.15) is 0 Å². The van der Waals surface area contributed by atoms with E-state index in [1.54, 1.807) is 45.2 Å². The lowest BCUT2D eigenvalue weighted by atomic mass is 9.94. The van der Waals surface area contributed by atoms with Crippen LogP contribution in [0.3, 0.4) is 0 Å². The number of hydrogen-bond acceptors (Lipinski definition) is 4. The van der Waals surface area contributed by atoms with E-state index in [4.69, 9.17) is 0 Å². The molecule has 2 aromatic carbocycles. The Morgan fingerprint density at radius 1 is 0.903 bits per heavy atom. The summed E-state index contributed by atoms with van der Waals surface area (Å²) >= 11 is 0. The highest BCUT2D eigenvalue weighted by atomic mass is 32.2. The van der Waals surface area contributed by atoms with Crippen LogP contribution in [0.2, 0.25) is 0 Å². The second-order valence-electron chi connectivity index (χ2n) is 8.09. The average molecular weight is 444 g/mol. The summed E-state index contributed by atoms with van der Waals surface area (Å²) in [6, 6.07) is 13.9. The Labute approximate surface area is 183 Å². The van der Waals surface area contributed by atoms with Gasteiger partial charge in [-0.05, 0) is 68.7 Å². The number of anilines is 1. The Balaban J connectivity index is 1.66. The summed E-state index contributed by atoms with van der Waals surface area (Å²) in [6.45, 7) is 3.35. The van der Waals surface area contributed by atoms with Gasteiger partial charge in [0.1, 0.15) is 0 Å². The van der Waals surface area contributed by atoms with Crippen molar-refractivity contribution < 1.29 is 18.0 Å². The van der Waals surface area contributed by atoms with E-state index in [1.165, 1.54) is 0 Å². The third-order valence-corrected chi connectivity index (χ3v) is 7.56. The molecule has 166 valence electrons. The van der Waals surface area contributed by atoms with Gasteiger partial charge in [0.05, 0.1) is 5.25 Å². The van der Waals surface area contributed by atoms with E-state index in [2.05, 4.69) is 15.4 Å². The summed E-state index contributed by atoms with van der Waals surface area (Å²) < 4.78 is 27.4. The molecule has 0 saturated heterocycles. The zero-order valence-corrected chi connectivity index (χ0v) is 18.8. The number of nitrogens with one attached hydrogen (secondary N) is 3. The Morgan fingerprint density at radius 3 is 2.03 bits per heavy atom. The van der Waals surface area contributed by atoms with Gasteiger partial charge < -0.3 is 10.6 Å². The minimum atomic E-state index is -3.32. The third-order valence-electron chi connectivity index (χ3n) is 5.69. The molecule has 0 bridgehead atoms. The minimum absolute atomic E-state index is 0.105. The van der Waals surface area contributed by atoms with E-state index >= 15 is 0 Å². The first-order valence-corrected chi connectivity index (χ1v) is 12.0. The monoisotopic (exact) mass is 443 g/mol. The molecular weight excluding hydrogens is 414 g/mol. The van der Waals surface area contributed by atoms with Crippen LogP contribution in [-0.2, 0) is 10.0 Å². The van der Waals surface area contributed by atoms with Crippen LogP contribution in [-0.4, -0.2) is 38.6 Å². The fourth-order valence-corrected chi connectivity index (χ4v) is 4.76. The van der Waals surface area contributed by atoms with Crippen LogP contribution in [0.25, 0.3) is 0 Å². The summed E-state index contributed by atoms with van der Waals surface area (Å²) in [5.74, 6) is -0.348. The molecule has 0 aliphatic heterocycles. The molecule has 7 nitrogen and oxygen atoms in total. The summed E-state index contributed by atoms with van der Waals surface area (Å²) in [6.07, 6.45) is 2.72. The Kier molecular flexibility index (Phi) is 7.12. The summed E-state index contributed by atoms with van der Waals surface area (Å²) in [5.41, 5.74) is 2.65. The maximum Gasteiger partial charge on any atom is 0.255 e. The van der Waals surface area contributed by atoms with E-state index < -0.39 is 15.3 Å². The van der Waals surface area contributed by atoms with Gasteiger partial charge in [-0.1, -0.05) is 18.6 Å². The summed E-state index contributed by atoms with van der Waals surface area (Å²) in [4.78, 5) is 24.1. The number of amides is 2. The lowest BCUT2D eigenvalue weighted by molar-refractivity contribution is 0.0961. The lowest BCUT2D eigenvalue weighted by Crippen LogP contribution is -2.40. The number of rotatable bonds is 7. The number of carbonyl (C=O) groups is 2. The van der Waals surface area contributed by atoms with Crippen molar-refractivity contribution in [2.75, 3.05) is 12.4 Å². The van der Waals surface area contributed by atoms with Crippen LogP contribution in [0.1, 0.15) is 65.3 Å². The highest BCUT2D eigenvalue weighted by molar-refractivity contribution is 7.90. The second-order valence-corrected chi connectivity index (χ2v) is 10.4. The highest BCUT2D eigenvalue weighted by Crippen LogP contribution is 2.35. The van der Waals surface area contributed by atoms with Gasteiger partial charge in [0.25, 0.3) is 11.8 Å². The molecule has 1 fully saturated rings. The first-order valence-electron chi connectivity index (χ1n) is 10.5. The Hall–Kier alpha value is -2.71. The predicted octanol–water partition coefficient (Wildman–Crippen LogP) is 3.26. The normalized spacial score (nSPS) is 18.7. The molecule has 2 atom stereocenters. The van der Waals surface area contributed by atoms with Crippen LogP contribution in [0.15, 0.2) is 48.5 Å². The molecule has 31 heavy (non-hydrogen) atoms. The van der Waals surface area contributed by atoms with E-state index in [1.807, 2.05) is 24.3 Å². The number of benzene rings is 2. The van der Waals surface area contributed by atoms with Crippen molar-refractivity contribution in [3.05, 3.63) is 65.2 Å². The van der Waals surface area contributed by atoms with Gasteiger partial charge in [0.2, 0.25) is 10.0 Å². The molecule has 0 spiro atoms. The molecule has 3 rings (SSSR count). The van der Waals surface area contributed by atoms with Gasteiger partial charge in [0, 0.05) is 35.8 Å². The predicted molar refractivity (Wildman–Crippen MR) is 122 cm³/mol. The fraction of sp³-hybridized carbons (Fsp3) is 0.391. The van der Waals surface area contributed by atoms with Crippen molar-refractivity contribution >= 4 is 27.5 Å². The van der Waals surface area contributed by atoms with Crippen LogP contribution < -0.4 is 15.4 Å². The van der Waals surface area contributed by atoms with Crippen molar-refractivity contribution in [3.8, 4) is 0 Å². The van der Waals surface area contributed by atoms with Gasteiger partial charge >= 0.3 is 0 Å². The Morgan fingerprint density at radius 2 is 1.48 bits per heavy atom. The molecular formula is C23H29N3O4S. The topological polar surface area (TPSA) is 104 Å². The van der Waals surface area contributed by atoms with Crippen molar-refractivity contribution in [2.24, 2.45) is 0 Å². The van der Waals surface area contributed by atoms with Crippen LogP contribution in [0, 0.1) is 0 Å². The molecule has 8 heteroatoms. The van der Waals surface area contributed by atoms with Crippen LogP contribution in [0.5, 0.6) is 0 Å². The van der Waals surface area contributed by atoms with Crippen LogP contribution >= 0.6 is 0 Å². The van der Waals surface area contributed by atoms with E-state index in [0.29, 0.717) is 16.8 Å². The largest absolute Gasteiger partial charge is 0.355 e. The third kappa shape index (κ3) is 5.51. The van der Waals surface area contributed by atoms with Crippen molar-refractivity contribution in [3.63, 3.8) is 0 Å². The number of carbonyl (C=O) groups excluding carboxylic acids is 2. The highest BCUT2D eigenvalue weighted by Gasteiger charge is 2.32. The zero-order chi connectivity index (χ0) is 22.6. The average Bonchev–Trinajstić information content (AvgIpc) is 3.21. The zero-order valence-electron chi connectivity index (χ0n) is 18.0. The number of sulfonamides is 1. The van der Waals surface area contributed by atoms with Gasteiger partial charge in [-0.15, -0.1) is 0 Å². The lowest BCUT2D eigenvalue weighted by Gasteiger charge is -2.23. The molecule has 0 radical (unpaired) electrons. The molecule has 2 amide bonds. The van der Waals surface area contributed by atoms with Crippen molar-refractivity contribution in [1.82, 2.24) is 10.0 Å². The SMILES string of the molecule is CNC(=O)c1ccc(C(=O)Nc2ccc([C@@H]3CCC[C@@H]3NS(=O)(=O)C(C)C)cc2)cc1. The van der Waals surface area contributed by atoms with E-state index in [0.717, 1.165) is 24.8 Å². The number of hydrogen-bond donors (Lipinski definition) is 3. The molecule has 0 unspecified atom stereocenters. The quantitative estimate of drug-likeness (QED) is 0.611. The molecule has 2 aromatic rings. The second kappa shape index (κ2) is 9.62. The first-order chi connectivity index (χ1) is 14.7. The smallest absolute Gasteiger partial charge is 0.255 e. The summed E-state index contributed by atoms with van der Waals surface area (Å²) in [7, 11) is -1.76. The Bertz CT molecular complexity index is 1030. The molecule has 3 N–H and O–H groups in total. The van der Waals surface area contributed by atoms with E-state index in [-0.39, 0.29) is 23.8 Å². The molecule has 0 heterocycles. The fourth-order valence-electron chi connectivity index (χ4n) is 3.78. The molecule has 1 aliphatic rings. The summed E-state index contributed by atoms with van der Waals surface area (Å²) in [5, 5.41) is 4.93. The van der Waals surface area contributed by atoms with Gasteiger partial charge in [-0.25, -0.2) is 13.1 Å². The van der Waals surface area contributed by atoms with Crippen molar-refractivity contribution in [1.29, 1.82) is 0 Å². The maximum absolute atomic E-state index is 12.5. The van der Waals surface area contributed by atoms with Gasteiger partial charge in [0.15, 0.2) is 0 Å². The van der Waals surface area contributed by atoms with E-state index in [9.17, 15) is 18.0 Å². The molecule has 1 saturated carbocycles. The van der Waals surface area contributed by atoms with Gasteiger partial charge in [-0.3, -0.25) is 9.59 Å². The molecule has 1 aliphatic carbocycles. The minimum Gasteiger partial charge on any atom is -0.355 e. The van der Waals surface area contributed by atoms with Crippen molar-refractivity contribution in [2.45, 2.75) is 50.3 Å². The standard InChI is InChI=1S/C23H29N3O4S/c1-15(2)31(29,30)26-21-6-4-5-20(21)16-11-13-19(14-12-16)25-23(28)18-9-7-17(8-10-18)22(27)24-3/h7-15,20-21,26H,4-6H2,1-3H3,(H,24,27)(H,25,28)/t20-,21-/m0/s1.